The van der Waals surface area contributed by atoms with Gasteiger partial charge in [-0.1, -0.05) is 62.1 Å². The molecule has 0 heterocycles. The van der Waals surface area contributed by atoms with E-state index in [4.69, 9.17) is 0 Å². The lowest BCUT2D eigenvalue weighted by Gasteiger charge is -2.31. The maximum Gasteiger partial charge on any atom is 0.0576 e. The second-order valence-corrected chi connectivity index (χ2v) is 7.04. The van der Waals surface area contributed by atoms with Gasteiger partial charge in [0.15, 0.2) is 0 Å². The fraction of sp³-hybridized carbons (Fsp3) is 0.333. The maximum atomic E-state index is 4.36. The molecule has 2 aromatic carbocycles. The third kappa shape index (κ3) is 4.01. The van der Waals surface area contributed by atoms with Gasteiger partial charge in [-0.3, -0.25) is 0 Å². The summed E-state index contributed by atoms with van der Waals surface area (Å²) in [6.07, 6.45) is 4.54. The largest absolute Gasteiger partial charge is 0.374 e. The van der Waals surface area contributed by atoms with Crippen LogP contribution in [0.1, 0.15) is 43.4 Å². The van der Waals surface area contributed by atoms with Crippen molar-refractivity contribution in [1.29, 1.82) is 0 Å². The third-order valence-electron chi connectivity index (χ3n) is 5.29. The van der Waals surface area contributed by atoms with E-state index >= 15 is 0 Å². The molecule has 26 heavy (non-hydrogen) atoms. The molecule has 2 heteroatoms. The summed E-state index contributed by atoms with van der Waals surface area (Å²) in [6, 6.07) is 17.6. The lowest BCUT2D eigenvalue weighted by molar-refractivity contribution is 0.376. The van der Waals surface area contributed by atoms with Crippen LogP contribution >= 0.6 is 0 Å². The van der Waals surface area contributed by atoms with Gasteiger partial charge in [0.05, 0.1) is 6.54 Å². The highest BCUT2D eigenvalue weighted by molar-refractivity contribution is 5.67. The SMILES string of the molecule is C=C(CN(Cc1ccccc1)c1ccc2c(c1)C=CC2C)N(CC)CC. The van der Waals surface area contributed by atoms with Crippen LogP contribution in [-0.4, -0.2) is 24.5 Å². The molecular weight excluding hydrogens is 316 g/mol. The van der Waals surface area contributed by atoms with E-state index in [1.54, 1.807) is 0 Å². The number of likely N-dealkylation sites (N-methyl/N-ethyl adjacent to an activating group) is 1. The minimum Gasteiger partial charge on any atom is -0.374 e. The summed E-state index contributed by atoms with van der Waals surface area (Å²) >= 11 is 0. The smallest absolute Gasteiger partial charge is 0.0576 e. The molecule has 0 radical (unpaired) electrons. The Morgan fingerprint density at radius 3 is 2.46 bits per heavy atom. The Balaban J connectivity index is 1.87. The summed E-state index contributed by atoms with van der Waals surface area (Å²) in [7, 11) is 0. The number of fused-ring (bicyclic) bond motifs is 1. The molecule has 136 valence electrons. The second-order valence-electron chi connectivity index (χ2n) is 7.04. The normalized spacial score (nSPS) is 15.0. The zero-order valence-electron chi connectivity index (χ0n) is 16.3. The first kappa shape index (κ1) is 18.3. The molecule has 0 fully saturated rings. The Labute approximate surface area is 158 Å². The van der Waals surface area contributed by atoms with Gasteiger partial charge >= 0.3 is 0 Å². The van der Waals surface area contributed by atoms with Gasteiger partial charge in [-0.15, -0.1) is 0 Å². The summed E-state index contributed by atoms with van der Waals surface area (Å²) in [5.74, 6) is 0.521. The summed E-state index contributed by atoms with van der Waals surface area (Å²) in [4.78, 5) is 4.78. The molecule has 0 spiro atoms. The molecule has 0 aliphatic heterocycles. The highest BCUT2D eigenvalue weighted by atomic mass is 15.2. The van der Waals surface area contributed by atoms with E-state index in [-0.39, 0.29) is 0 Å². The molecule has 0 saturated heterocycles. The minimum absolute atomic E-state index is 0.521. The summed E-state index contributed by atoms with van der Waals surface area (Å²) < 4.78 is 0. The molecule has 0 aromatic heterocycles. The van der Waals surface area contributed by atoms with Crippen LogP contribution < -0.4 is 4.90 Å². The van der Waals surface area contributed by atoms with Crippen molar-refractivity contribution in [2.75, 3.05) is 24.5 Å². The lowest BCUT2D eigenvalue weighted by atomic mass is 10.0. The van der Waals surface area contributed by atoms with Gasteiger partial charge in [0.1, 0.15) is 0 Å². The molecule has 1 atom stereocenters. The molecule has 2 aromatic rings. The molecule has 0 saturated carbocycles. The number of benzene rings is 2. The van der Waals surface area contributed by atoms with E-state index < -0.39 is 0 Å². The van der Waals surface area contributed by atoms with Crippen LogP contribution in [0.5, 0.6) is 0 Å². The summed E-state index contributed by atoms with van der Waals surface area (Å²) in [5.41, 5.74) is 6.54. The maximum absolute atomic E-state index is 4.36. The average molecular weight is 347 g/mol. The standard InChI is InChI=1S/C24H30N2/c1-5-25(6-2)20(4)17-26(18-21-10-8-7-9-11-21)23-14-15-24-19(3)12-13-22(24)16-23/h7-16,19H,4-6,17-18H2,1-3H3. The van der Waals surface area contributed by atoms with Gasteiger partial charge in [-0.2, -0.15) is 0 Å². The summed E-state index contributed by atoms with van der Waals surface area (Å²) in [6.45, 7) is 14.7. The highest BCUT2D eigenvalue weighted by Crippen LogP contribution is 2.33. The van der Waals surface area contributed by atoms with Gasteiger partial charge < -0.3 is 9.80 Å². The molecule has 0 N–H and O–H groups in total. The van der Waals surface area contributed by atoms with E-state index in [1.165, 1.54) is 28.1 Å². The predicted octanol–water partition coefficient (Wildman–Crippen LogP) is 5.68. The van der Waals surface area contributed by atoms with E-state index in [9.17, 15) is 0 Å². The van der Waals surface area contributed by atoms with Gasteiger partial charge in [0, 0.05) is 31.0 Å². The predicted molar refractivity (Wildman–Crippen MR) is 113 cm³/mol. The first-order chi connectivity index (χ1) is 12.6. The molecule has 1 aliphatic rings. The van der Waals surface area contributed by atoms with Gasteiger partial charge in [0.25, 0.3) is 0 Å². The van der Waals surface area contributed by atoms with Crippen LogP contribution in [0.4, 0.5) is 5.69 Å². The Bertz CT molecular complexity index is 772. The quantitative estimate of drug-likeness (QED) is 0.607. The van der Waals surface area contributed by atoms with Gasteiger partial charge in [-0.25, -0.2) is 0 Å². The van der Waals surface area contributed by atoms with Crippen LogP contribution in [0, 0.1) is 0 Å². The van der Waals surface area contributed by atoms with Crippen LogP contribution in [0.25, 0.3) is 6.08 Å². The minimum atomic E-state index is 0.521. The lowest BCUT2D eigenvalue weighted by Crippen LogP contribution is -2.32. The Morgan fingerprint density at radius 2 is 1.77 bits per heavy atom. The molecular formula is C24H30N2. The highest BCUT2D eigenvalue weighted by Gasteiger charge is 2.17. The van der Waals surface area contributed by atoms with E-state index in [1.807, 2.05) is 0 Å². The number of nitrogens with zero attached hydrogens (tertiary/aromatic N) is 2. The first-order valence-corrected chi connectivity index (χ1v) is 9.66. The van der Waals surface area contributed by atoms with Crippen LogP contribution in [0.15, 0.2) is 66.9 Å². The molecule has 0 amide bonds. The summed E-state index contributed by atoms with van der Waals surface area (Å²) in [5, 5.41) is 0. The van der Waals surface area contributed by atoms with Crippen molar-refractivity contribution in [3.63, 3.8) is 0 Å². The number of hydrogen-bond donors (Lipinski definition) is 0. The molecule has 1 aliphatic carbocycles. The van der Waals surface area contributed by atoms with Crippen LogP contribution in [-0.2, 0) is 6.54 Å². The van der Waals surface area contributed by atoms with Crippen LogP contribution in [0.3, 0.4) is 0 Å². The van der Waals surface area contributed by atoms with Crippen molar-refractivity contribution >= 4 is 11.8 Å². The van der Waals surface area contributed by atoms with Crippen molar-refractivity contribution in [2.45, 2.75) is 33.2 Å². The molecule has 3 rings (SSSR count). The van der Waals surface area contributed by atoms with Gasteiger partial charge in [-0.05, 0) is 48.6 Å². The topological polar surface area (TPSA) is 6.48 Å². The zero-order chi connectivity index (χ0) is 18.5. The zero-order valence-corrected chi connectivity index (χ0v) is 16.3. The van der Waals surface area contributed by atoms with E-state index in [0.717, 1.165) is 26.2 Å². The van der Waals surface area contributed by atoms with Crippen molar-refractivity contribution in [1.82, 2.24) is 4.90 Å². The number of hydrogen-bond acceptors (Lipinski definition) is 2. The fourth-order valence-electron chi connectivity index (χ4n) is 3.70. The number of rotatable bonds is 8. The molecule has 2 nitrogen and oxygen atoms in total. The van der Waals surface area contributed by atoms with Crippen molar-refractivity contribution in [3.05, 3.63) is 83.6 Å². The van der Waals surface area contributed by atoms with Crippen molar-refractivity contribution in [2.24, 2.45) is 0 Å². The number of anilines is 1. The Morgan fingerprint density at radius 1 is 1.04 bits per heavy atom. The monoisotopic (exact) mass is 346 g/mol. The third-order valence-corrected chi connectivity index (χ3v) is 5.29. The molecule has 0 bridgehead atoms. The second kappa shape index (κ2) is 8.27. The number of allylic oxidation sites excluding steroid dienone is 1. The average Bonchev–Trinajstić information content (AvgIpc) is 3.03. The fourth-order valence-corrected chi connectivity index (χ4v) is 3.70. The van der Waals surface area contributed by atoms with E-state index in [2.05, 4.69) is 97.8 Å². The van der Waals surface area contributed by atoms with Gasteiger partial charge in [0.2, 0.25) is 0 Å². The Kier molecular flexibility index (Phi) is 5.82. The Hall–Kier alpha value is -2.48. The van der Waals surface area contributed by atoms with Crippen LogP contribution in [0.2, 0.25) is 0 Å². The van der Waals surface area contributed by atoms with Crippen molar-refractivity contribution < 1.29 is 0 Å². The van der Waals surface area contributed by atoms with Crippen molar-refractivity contribution in [3.8, 4) is 0 Å². The first-order valence-electron chi connectivity index (χ1n) is 9.66. The van der Waals surface area contributed by atoms with E-state index in [0.29, 0.717) is 5.92 Å². The molecule has 1 unspecified atom stereocenters.